The van der Waals surface area contributed by atoms with Crippen LogP contribution in [0, 0.1) is 5.92 Å². The number of rotatable bonds is 4. The van der Waals surface area contributed by atoms with E-state index in [0.717, 1.165) is 6.08 Å². The van der Waals surface area contributed by atoms with E-state index in [4.69, 9.17) is 25.3 Å². The van der Waals surface area contributed by atoms with E-state index in [9.17, 15) is 5.11 Å². The van der Waals surface area contributed by atoms with Gasteiger partial charge in [-0.2, -0.15) is 0 Å². The Morgan fingerprint density at radius 3 is 3.09 bits per heavy atom. The molecule has 1 aromatic carbocycles. The molecule has 1 N–H and O–H groups in total. The number of unbranched alkanes of at least 4 members (excludes halogenated alkanes) is 1. The van der Waals surface area contributed by atoms with Crippen LogP contribution in [0.5, 0.6) is 11.5 Å². The van der Waals surface area contributed by atoms with Gasteiger partial charge in [-0.15, -0.1) is 0 Å². The molecular weight excluding hydrogens is 284 g/mol. The van der Waals surface area contributed by atoms with Crippen molar-refractivity contribution in [2.75, 3.05) is 0 Å². The predicted molar refractivity (Wildman–Crippen MR) is 95.3 cm³/mol. The van der Waals surface area contributed by atoms with Gasteiger partial charge in [0.25, 0.3) is 0 Å². The molecule has 2 nitrogen and oxygen atoms in total. The minimum atomic E-state index is -3.46. The molecule has 0 bridgehead atoms. The quantitative estimate of drug-likeness (QED) is 0.714. The first-order valence-corrected chi connectivity index (χ1v) is 7.74. The third-order valence-corrected chi connectivity index (χ3v) is 4.22. The van der Waals surface area contributed by atoms with Crippen molar-refractivity contribution >= 4 is 0 Å². The molecule has 1 aromatic rings. The molecule has 0 amide bonds. The number of aromatic hydroxyl groups is 1. The van der Waals surface area contributed by atoms with Crippen molar-refractivity contribution in [3.63, 3.8) is 0 Å². The highest BCUT2D eigenvalue weighted by Crippen LogP contribution is 2.53. The van der Waals surface area contributed by atoms with Gasteiger partial charge in [0.2, 0.25) is 0 Å². The molecular formula is C21H30O2. The first kappa shape index (κ1) is 6.13. The molecule has 23 heavy (non-hydrogen) atoms. The van der Waals surface area contributed by atoms with Crippen LogP contribution in [0.15, 0.2) is 23.7 Å². The maximum Gasteiger partial charge on any atom is 0.127 e. The van der Waals surface area contributed by atoms with Crippen molar-refractivity contribution in [2.24, 2.45) is 5.92 Å². The molecule has 2 aliphatic rings. The van der Waals surface area contributed by atoms with Crippen molar-refractivity contribution in [3.8, 4) is 11.5 Å². The van der Waals surface area contributed by atoms with Crippen LogP contribution in [0.1, 0.15) is 97.1 Å². The van der Waals surface area contributed by atoms with Crippen LogP contribution in [0.2, 0.25) is 0 Å². The summed E-state index contributed by atoms with van der Waals surface area (Å²) >= 11 is 0. The van der Waals surface area contributed by atoms with Gasteiger partial charge in [-0.1, -0.05) is 31.4 Å². The second kappa shape index (κ2) is 6.22. The molecule has 0 aromatic heterocycles. The van der Waals surface area contributed by atoms with Crippen molar-refractivity contribution in [3.05, 3.63) is 34.9 Å². The van der Waals surface area contributed by atoms with Crippen LogP contribution in [0.25, 0.3) is 0 Å². The van der Waals surface area contributed by atoms with E-state index in [2.05, 4.69) is 0 Å². The summed E-state index contributed by atoms with van der Waals surface area (Å²) in [5.74, 6) is -5.01. The summed E-state index contributed by atoms with van der Waals surface area (Å²) in [6.07, 6.45) is -4.29. The summed E-state index contributed by atoms with van der Waals surface area (Å²) in [4.78, 5) is 0. The molecule has 2 atom stereocenters. The van der Waals surface area contributed by atoms with Gasteiger partial charge in [0.15, 0.2) is 0 Å². The number of ether oxygens (including phenoxy) is 1. The van der Waals surface area contributed by atoms with E-state index >= 15 is 0 Å². The summed E-state index contributed by atoms with van der Waals surface area (Å²) in [6, 6.07) is -1.61. The normalized spacial score (nSPS) is 39.2. The molecule has 1 aliphatic heterocycles. The lowest BCUT2D eigenvalue weighted by atomic mass is 9.68. The van der Waals surface area contributed by atoms with Crippen LogP contribution in [0.3, 0.4) is 0 Å². The summed E-state index contributed by atoms with van der Waals surface area (Å²) < 4.78 is 129. The Bertz CT molecular complexity index is 1110. The Kier molecular flexibility index (Phi) is 1.66. The van der Waals surface area contributed by atoms with E-state index in [0.29, 0.717) is 12.8 Å². The Balaban J connectivity index is 2.52. The molecule has 126 valence electrons. The fourth-order valence-electron chi connectivity index (χ4n) is 2.99. The maximum absolute atomic E-state index is 11.1. The smallest absolute Gasteiger partial charge is 0.127 e. The lowest BCUT2D eigenvalue weighted by Crippen LogP contribution is -2.45. The molecule has 1 heterocycles. The topological polar surface area (TPSA) is 29.5 Å². The number of benzene rings is 1. The summed E-state index contributed by atoms with van der Waals surface area (Å²) in [7, 11) is 0. The lowest BCUT2D eigenvalue weighted by Gasteiger charge is -2.46. The van der Waals surface area contributed by atoms with Gasteiger partial charge in [0, 0.05) is 35.2 Å². The van der Waals surface area contributed by atoms with Crippen LogP contribution in [-0.2, 0) is 6.37 Å². The second-order valence-electron chi connectivity index (χ2n) is 5.93. The van der Waals surface area contributed by atoms with Crippen LogP contribution < -0.4 is 4.74 Å². The molecule has 0 saturated heterocycles. The molecule has 0 radical (unpaired) electrons. The van der Waals surface area contributed by atoms with Crippen LogP contribution >= 0.6 is 0 Å². The molecule has 3 rings (SSSR count). The second-order valence-corrected chi connectivity index (χ2v) is 5.93. The average Bonchev–Trinajstić information content (AvgIpc) is 2.71. The Morgan fingerprint density at radius 1 is 1.48 bits per heavy atom. The zero-order valence-electron chi connectivity index (χ0n) is 27.9. The third-order valence-electron chi connectivity index (χ3n) is 4.22. The zero-order chi connectivity index (χ0) is 29.4. The maximum atomic E-state index is 11.1. The highest BCUT2D eigenvalue weighted by Gasteiger charge is 2.45. The largest absolute Gasteiger partial charge is 0.507 e. The van der Waals surface area contributed by atoms with E-state index in [1.807, 2.05) is 0 Å². The van der Waals surface area contributed by atoms with Crippen molar-refractivity contribution < 1.29 is 30.4 Å². The van der Waals surface area contributed by atoms with Gasteiger partial charge in [0.05, 0.1) is 2.74 Å². The van der Waals surface area contributed by atoms with E-state index in [-0.39, 0.29) is 6.42 Å². The summed E-state index contributed by atoms with van der Waals surface area (Å²) in [6.45, 7) is -8.12. The van der Waals surface area contributed by atoms with Gasteiger partial charge in [-0.25, -0.2) is 0 Å². The molecule has 0 spiro atoms. The van der Waals surface area contributed by atoms with Gasteiger partial charge < -0.3 is 9.84 Å². The molecule has 1 aliphatic carbocycles. The van der Waals surface area contributed by atoms with E-state index < -0.39 is 97.4 Å². The van der Waals surface area contributed by atoms with Gasteiger partial charge >= 0.3 is 0 Å². The first-order valence-electron chi connectivity index (χ1n) is 15.2. The van der Waals surface area contributed by atoms with Gasteiger partial charge in [-0.05, 0) is 63.8 Å². The van der Waals surface area contributed by atoms with E-state index in [1.165, 1.54) is 0 Å². The number of allylic oxidation sites excluding steroid dienone is 2. The Morgan fingerprint density at radius 2 is 2.35 bits per heavy atom. The number of hydrogen-bond donors (Lipinski definition) is 1. The van der Waals surface area contributed by atoms with Crippen molar-refractivity contribution in [1.29, 1.82) is 0 Å². The van der Waals surface area contributed by atoms with Crippen LogP contribution in [0.4, 0.5) is 0 Å². The summed E-state index contributed by atoms with van der Waals surface area (Å²) in [5.41, 5.74) is -4.91. The SMILES string of the molecule is [2H]c1c(O)c2c(c([2H])c1C([2H])([2H])CCCC)OC(C([2H])([2H])[2H])(C([2H])([2H])[2H])[C@@H]1CC([2H])([2H])C(C([2H])([2H])[2H])=C[C@@H]21. The standard InChI is InChI=1S/C21H30O2/c1-5-6-7-8-15-12-18(22)20-16-11-14(2)9-10-17(16)21(3,4)23-19(20)13-15/h11-13,16-17,22H,5-10H2,1-4H3/t16-,17-/m1/s1/i2D3,3D3,4D3,8D2,9D2,12D,13D. The fourth-order valence-corrected chi connectivity index (χ4v) is 2.99. The number of hydrogen-bond acceptors (Lipinski definition) is 2. The van der Waals surface area contributed by atoms with Gasteiger partial charge in [0.1, 0.15) is 17.1 Å². The summed E-state index contributed by atoms with van der Waals surface area (Å²) in [5, 5.41) is 11.1. The number of fused-ring (bicyclic) bond motifs is 3. The van der Waals surface area contributed by atoms with Crippen molar-refractivity contribution in [2.45, 2.75) is 77.4 Å². The van der Waals surface area contributed by atoms with E-state index in [1.54, 1.807) is 6.92 Å². The highest BCUT2D eigenvalue weighted by atomic mass is 16.5. The lowest BCUT2D eigenvalue weighted by molar-refractivity contribution is 0.0107. The molecule has 0 unspecified atom stereocenters. The average molecular weight is 330 g/mol. The Labute approximate surface area is 161 Å². The molecule has 0 fully saturated rings. The molecule has 0 saturated carbocycles. The Hall–Kier alpha value is -1.44. The third kappa shape index (κ3) is 3.13. The van der Waals surface area contributed by atoms with Crippen molar-refractivity contribution in [1.82, 2.24) is 0 Å². The fraction of sp³-hybridized carbons (Fsp3) is 0.619. The first-order chi connectivity index (χ1) is 17.0. The zero-order valence-corrected chi connectivity index (χ0v) is 12.9. The van der Waals surface area contributed by atoms with Gasteiger partial charge in [-0.3, -0.25) is 0 Å². The predicted octanol–water partition coefficient (Wildman–Crippen LogP) is 5.74. The minimum Gasteiger partial charge on any atom is -0.507 e. The van der Waals surface area contributed by atoms with Crippen LogP contribution in [-0.4, -0.2) is 10.7 Å². The monoisotopic (exact) mass is 329 g/mol. The number of phenolic OH excluding ortho intramolecular Hbond substituents is 1. The highest BCUT2D eigenvalue weighted by molar-refractivity contribution is 5.53. The molecule has 2 heteroatoms. The minimum absolute atomic E-state index is 0.154. The number of phenols is 1.